The monoisotopic (exact) mass is 296 g/mol. The van der Waals surface area contributed by atoms with Gasteiger partial charge in [0.2, 0.25) is 0 Å². The Morgan fingerprint density at radius 3 is 2.55 bits per heavy atom. The molecule has 6 heteroatoms. The lowest BCUT2D eigenvalue weighted by atomic mass is 10.2. The van der Waals surface area contributed by atoms with Crippen molar-refractivity contribution in [1.29, 1.82) is 0 Å². The van der Waals surface area contributed by atoms with Gasteiger partial charge in [0.15, 0.2) is 0 Å². The Morgan fingerprint density at radius 2 is 1.77 bits per heavy atom. The number of hydrogen-bond donors (Lipinski definition) is 0. The summed E-state index contributed by atoms with van der Waals surface area (Å²) in [4.78, 5) is 0. The fourth-order valence-corrected chi connectivity index (χ4v) is 1.84. The molecular formula is C16H13FN4O. The Hall–Kier alpha value is -3.02. The summed E-state index contributed by atoms with van der Waals surface area (Å²) in [5.41, 5.74) is 1.73. The standard InChI is InChI=1S/C16H13FN4O/c17-15-7-5-13(6-8-15)10-22-16-4-2-1-3-14(16)9-20-21-11-18-19-12-21/h1-9,11-12H,10H2. The quantitative estimate of drug-likeness (QED) is 0.680. The number of nitrogens with zero attached hydrogens (tertiary/aromatic N) is 4. The second-order valence-electron chi connectivity index (χ2n) is 4.54. The molecule has 0 aliphatic carbocycles. The van der Waals surface area contributed by atoms with Crippen molar-refractivity contribution in [1.82, 2.24) is 14.9 Å². The molecule has 22 heavy (non-hydrogen) atoms. The second-order valence-corrected chi connectivity index (χ2v) is 4.54. The lowest BCUT2D eigenvalue weighted by Gasteiger charge is -2.09. The first-order valence-corrected chi connectivity index (χ1v) is 6.66. The summed E-state index contributed by atoms with van der Waals surface area (Å²) in [6, 6.07) is 13.8. The largest absolute Gasteiger partial charge is 0.488 e. The maximum absolute atomic E-state index is 12.9. The minimum Gasteiger partial charge on any atom is -0.488 e. The van der Waals surface area contributed by atoms with Gasteiger partial charge in [-0.15, -0.1) is 10.2 Å². The number of para-hydroxylation sites is 1. The van der Waals surface area contributed by atoms with E-state index in [1.54, 1.807) is 18.3 Å². The number of rotatable bonds is 5. The molecule has 0 atom stereocenters. The van der Waals surface area contributed by atoms with Gasteiger partial charge in [-0.05, 0) is 29.8 Å². The van der Waals surface area contributed by atoms with Crippen LogP contribution in [0.15, 0.2) is 66.3 Å². The Balaban J connectivity index is 1.72. The zero-order valence-electron chi connectivity index (χ0n) is 11.6. The summed E-state index contributed by atoms with van der Waals surface area (Å²) in [5.74, 6) is 0.439. The number of hydrogen-bond acceptors (Lipinski definition) is 4. The molecule has 0 fully saturated rings. The van der Waals surface area contributed by atoms with E-state index in [1.165, 1.54) is 29.5 Å². The smallest absolute Gasteiger partial charge is 0.141 e. The molecule has 0 unspecified atom stereocenters. The van der Waals surface area contributed by atoms with Crippen molar-refractivity contribution in [3.05, 3.63) is 78.1 Å². The maximum Gasteiger partial charge on any atom is 0.141 e. The molecule has 5 nitrogen and oxygen atoms in total. The molecule has 110 valence electrons. The molecule has 0 spiro atoms. The van der Waals surface area contributed by atoms with Gasteiger partial charge in [-0.2, -0.15) is 5.10 Å². The summed E-state index contributed by atoms with van der Waals surface area (Å²) >= 11 is 0. The van der Waals surface area contributed by atoms with Gasteiger partial charge in [-0.1, -0.05) is 24.3 Å². The third-order valence-corrected chi connectivity index (χ3v) is 2.96. The van der Waals surface area contributed by atoms with E-state index >= 15 is 0 Å². The Kier molecular flexibility index (Phi) is 4.20. The molecule has 0 N–H and O–H groups in total. The highest BCUT2D eigenvalue weighted by Gasteiger charge is 2.02. The van der Waals surface area contributed by atoms with Crippen LogP contribution in [0.1, 0.15) is 11.1 Å². The van der Waals surface area contributed by atoms with Gasteiger partial charge < -0.3 is 4.74 Å². The Morgan fingerprint density at radius 1 is 1.05 bits per heavy atom. The molecule has 0 aliphatic rings. The van der Waals surface area contributed by atoms with Gasteiger partial charge in [0.05, 0.1) is 6.21 Å². The molecule has 0 saturated carbocycles. The predicted molar refractivity (Wildman–Crippen MR) is 80.2 cm³/mol. The maximum atomic E-state index is 12.9. The van der Waals surface area contributed by atoms with E-state index < -0.39 is 0 Å². The zero-order chi connectivity index (χ0) is 15.2. The number of ether oxygens (including phenoxy) is 1. The lowest BCUT2D eigenvalue weighted by Crippen LogP contribution is -1.99. The van der Waals surface area contributed by atoms with E-state index in [-0.39, 0.29) is 5.82 Å². The summed E-state index contributed by atoms with van der Waals surface area (Å²) in [6.07, 6.45) is 4.67. The van der Waals surface area contributed by atoms with Crippen molar-refractivity contribution in [3.63, 3.8) is 0 Å². The van der Waals surface area contributed by atoms with Crippen molar-refractivity contribution in [2.24, 2.45) is 5.10 Å². The minimum atomic E-state index is -0.259. The van der Waals surface area contributed by atoms with Gasteiger partial charge in [0, 0.05) is 5.56 Å². The van der Waals surface area contributed by atoms with Crippen LogP contribution in [0, 0.1) is 5.82 Å². The average molecular weight is 296 g/mol. The van der Waals surface area contributed by atoms with E-state index in [0.717, 1.165) is 11.1 Å². The third-order valence-electron chi connectivity index (χ3n) is 2.96. The highest BCUT2D eigenvalue weighted by atomic mass is 19.1. The van der Waals surface area contributed by atoms with Crippen LogP contribution in [0.25, 0.3) is 0 Å². The fraction of sp³-hybridized carbons (Fsp3) is 0.0625. The fourth-order valence-electron chi connectivity index (χ4n) is 1.84. The summed E-state index contributed by atoms with van der Waals surface area (Å²) in [6.45, 7) is 0.359. The molecule has 1 aromatic heterocycles. The summed E-state index contributed by atoms with van der Waals surface area (Å²) < 4.78 is 20.2. The van der Waals surface area contributed by atoms with Crippen molar-refractivity contribution < 1.29 is 9.13 Å². The third kappa shape index (κ3) is 3.54. The molecule has 0 aliphatic heterocycles. The zero-order valence-corrected chi connectivity index (χ0v) is 11.6. The van der Waals surface area contributed by atoms with Crippen LogP contribution >= 0.6 is 0 Å². The average Bonchev–Trinajstić information content (AvgIpc) is 3.07. The molecule has 0 amide bonds. The first-order valence-electron chi connectivity index (χ1n) is 6.66. The van der Waals surface area contributed by atoms with Gasteiger partial charge in [0.1, 0.15) is 30.8 Å². The van der Waals surface area contributed by atoms with Gasteiger partial charge in [-0.25, -0.2) is 9.07 Å². The summed E-state index contributed by atoms with van der Waals surface area (Å²) in [7, 11) is 0. The van der Waals surface area contributed by atoms with Crippen LogP contribution in [0.2, 0.25) is 0 Å². The van der Waals surface area contributed by atoms with Crippen LogP contribution in [-0.2, 0) is 6.61 Å². The normalized spacial score (nSPS) is 11.0. The van der Waals surface area contributed by atoms with E-state index in [9.17, 15) is 4.39 Å². The molecule has 0 radical (unpaired) electrons. The van der Waals surface area contributed by atoms with Gasteiger partial charge in [0.25, 0.3) is 0 Å². The van der Waals surface area contributed by atoms with E-state index in [4.69, 9.17) is 4.74 Å². The molecule has 3 aromatic rings. The van der Waals surface area contributed by atoms with Crippen molar-refractivity contribution in [2.45, 2.75) is 6.61 Å². The molecule has 3 rings (SSSR count). The molecule has 0 bridgehead atoms. The minimum absolute atomic E-state index is 0.259. The van der Waals surface area contributed by atoms with Crippen LogP contribution in [0.3, 0.4) is 0 Å². The topological polar surface area (TPSA) is 52.3 Å². The molecule has 0 saturated heterocycles. The molecule has 2 aromatic carbocycles. The van der Waals surface area contributed by atoms with Crippen LogP contribution in [0.5, 0.6) is 5.75 Å². The summed E-state index contributed by atoms with van der Waals surface area (Å²) in [5, 5.41) is 11.6. The van der Waals surface area contributed by atoms with Gasteiger partial charge >= 0.3 is 0 Å². The number of benzene rings is 2. The van der Waals surface area contributed by atoms with Crippen molar-refractivity contribution >= 4 is 6.21 Å². The Labute approximate surface area is 126 Å². The van der Waals surface area contributed by atoms with Gasteiger partial charge in [-0.3, -0.25) is 0 Å². The molecule has 1 heterocycles. The number of halogens is 1. The number of aromatic nitrogens is 3. The van der Waals surface area contributed by atoms with E-state index in [0.29, 0.717) is 12.4 Å². The van der Waals surface area contributed by atoms with E-state index in [2.05, 4.69) is 15.3 Å². The van der Waals surface area contributed by atoms with Crippen molar-refractivity contribution in [2.75, 3.05) is 0 Å². The highest BCUT2D eigenvalue weighted by Crippen LogP contribution is 2.18. The second kappa shape index (κ2) is 6.62. The van der Waals surface area contributed by atoms with Crippen molar-refractivity contribution in [3.8, 4) is 5.75 Å². The molecular weight excluding hydrogens is 283 g/mol. The Bertz CT molecular complexity index is 754. The van der Waals surface area contributed by atoms with E-state index in [1.807, 2.05) is 24.3 Å². The predicted octanol–water partition coefficient (Wildman–Crippen LogP) is 2.88. The first-order chi connectivity index (χ1) is 10.8. The first kappa shape index (κ1) is 13.9. The lowest BCUT2D eigenvalue weighted by molar-refractivity contribution is 0.305. The van der Waals surface area contributed by atoms with Crippen LogP contribution in [-0.4, -0.2) is 21.1 Å². The van der Waals surface area contributed by atoms with Crippen LogP contribution in [0.4, 0.5) is 4.39 Å². The van der Waals surface area contributed by atoms with Crippen LogP contribution < -0.4 is 4.74 Å². The SMILES string of the molecule is Fc1ccc(COc2ccccc2C=Nn2cnnc2)cc1. The highest BCUT2D eigenvalue weighted by molar-refractivity contribution is 5.83.